The Bertz CT molecular complexity index is 576. The molecule has 1 fully saturated rings. The lowest BCUT2D eigenvalue weighted by Crippen LogP contribution is -2.32. The van der Waals surface area contributed by atoms with Crippen LogP contribution >= 0.6 is 11.3 Å². The summed E-state index contributed by atoms with van der Waals surface area (Å²) < 4.78 is 0. The topological polar surface area (TPSA) is 40.5 Å². The van der Waals surface area contributed by atoms with Gasteiger partial charge in [0, 0.05) is 12.6 Å². The number of thiophene rings is 1. The van der Waals surface area contributed by atoms with Crippen LogP contribution in [0, 0.1) is 0 Å². The zero-order valence-corrected chi connectivity index (χ0v) is 11.3. The molecule has 1 heterocycles. The fourth-order valence-electron chi connectivity index (χ4n) is 2.15. The van der Waals surface area contributed by atoms with Gasteiger partial charge in [0.25, 0.3) is 5.91 Å². The number of hydrogen-bond acceptors (Lipinski definition) is 3. The first-order valence-corrected chi connectivity index (χ1v) is 7.24. The number of aromatic hydroxyl groups is 1. The molecule has 1 aromatic carbocycles. The Morgan fingerprint density at radius 3 is 2.79 bits per heavy atom. The SMILES string of the molecule is O=C(c1cccs1)N(Cc1cccc(O)c1)C1CC1. The lowest BCUT2D eigenvalue weighted by atomic mass is 10.2. The number of nitrogens with zero attached hydrogens (tertiary/aromatic N) is 1. The zero-order chi connectivity index (χ0) is 13.2. The zero-order valence-electron chi connectivity index (χ0n) is 10.5. The van der Waals surface area contributed by atoms with Gasteiger partial charge in [-0.2, -0.15) is 0 Å². The monoisotopic (exact) mass is 273 g/mol. The van der Waals surface area contributed by atoms with E-state index in [0.29, 0.717) is 12.6 Å². The number of hydrogen-bond donors (Lipinski definition) is 1. The van der Waals surface area contributed by atoms with E-state index in [2.05, 4.69) is 0 Å². The van der Waals surface area contributed by atoms with Crippen molar-refractivity contribution in [3.8, 4) is 5.75 Å². The molecule has 19 heavy (non-hydrogen) atoms. The molecule has 0 atom stereocenters. The highest BCUT2D eigenvalue weighted by Crippen LogP contribution is 2.31. The van der Waals surface area contributed by atoms with Crippen molar-refractivity contribution in [2.24, 2.45) is 0 Å². The molecule has 98 valence electrons. The Morgan fingerprint density at radius 2 is 2.16 bits per heavy atom. The van der Waals surface area contributed by atoms with Gasteiger partial charge in [0.1, 0.15) is 5.75 Å². The maximum absolute atomic E-state index is 12.5. The van der Waals surface area contributed by atoms with E-state index >= 15 is 0 Å². The average Bonchev–Trinajstić information content (AvgIpc) is 3.09. The van der Waals surface area contributed by atoms with Crippen LogP contribution in [0.2, 0.25) is 0 Å². The molecule has 4 heteroatoms. The number of carbonyl (C=O) groups excluding carboxylic acids is 1. The van der Waals surface area contributed by atoms with Gasteiger partial charge in [-0.05, 0) is 42.0 Å². The van der Waals surface area contributed by atoms with Crippen molar-refractivity contribution in [2.45, 2.75) is 25.4 Å². The molecule has 0 radical (unpaired) electrons. The van der Waals surface area contributed by atoms with E-state index in [4.69, 9.17) is 0 Å². The quantitative estimate of drug-likeness (QED) is 0.929. The molecule has 0 bridgehead atoms. The Kier molecular flexibility index (Phi) is 3.25. The molecule has 3 nitrogen and oxygen atoms in total. The predicted octanol–water partition coefficient (Wildman–Crippen LogP) is 3.26. The standard InChI is InChI=1S/C15H15NO2S/c17-13-4-1-3-11(9-13)10-16(12-6-7-12)15(18)14-5-2-8-19-14/h1-5,8-9,12,17H,6-7,10H2. The third-order valence-electron chi connectivity index (χ3n) is 3.24. The third kappa shape index (κ3) is 2.79. The van der Waals surface area contributed by atoms with Crippen LogP contribution in [0.25, 0.3) is 0 Å². The average molecular weight is 273 g/mol. The Labute approximate surface area is 116 Å². The van der Waals surface area contributed by atoms with Crippen molar-refractivity contribution < 1.29 is 9.90 Å². The van der Waals surface area contributed by atoms with Crippen LogP contribution in [0.1, 0.15) is 28.1 Å². The van der Waals surface area contributed by atoms with Crippen molar-refractivity contribution in [3.05, 3.63) is 52.2 Å². The van der Waals surface area contributed by atoms with Crippen molar-refractivity contribution in [2.75, 3.05) is 0 Å². The molecule has 1 saturated carbocycles. The van der Waals surface area contributed by atoms with Crippen LogP contribution in [0.5, 0.6) is 5.75 Å². The van der Waals surface area contributed by atoms with E-state index in [-0.39, 0.29) is 11.7 Å². The Morgan fingerprint density at radius 1 is 1.32 bits per heavy atom. The highest BCUT2D eigenvalue weighted by atomic mass is 32.1. The molecule has 0 saturated heterocycles. The predicted molar refractivity (Wildman–Crippen MR) is 75.3 cm³/mol. The van der Waals surface area contributed by atoms with Crippen LogP contribution in [0.3, 0.4) is 0 Å². The maximum Gasteiger partial charge on any atom is 0.264 e. The van der Waals surface area contributed by atoms with Crippen molar-refractivity contribution >= 4 is 17.2 Å². The normalized spacial score (nSPS) is 14.3. The second-order valence-electron chi connectivity index (χ2n) is 4.81. The smallest absolute Gasteiger partial charge is 0.264 e. The lowest BCUT2D eigenvalue weighted by molar-refractivity contribution is 0.0734. The summed E-state index contributed by atoms with van der Waals surface area (Å²) in [7, 11) is 0. The van der Waals surface area contributed by atoms with E-state index < -0.39 is 0 Å². The van der Waals surface area contributed by atoms with E-state index in [0.717, 1.165) is 23.3 Å². The number of rotatable bonds is 4. The lowest BCUT2D eigenvalue weighted by Gasteiger charge is -2.22. The molecule has 2 aromatic rings. The molecule has 1 aliphatic carbocycles. The number of benzene rings is 1. The van der Waals surface area contributed by atoms with Crippen molar-refractivity contribution in [3.63, 3.8) is 0 Å². The van der Waals surface area contributed by atoms with Gasteiger partial charge in [-0.25, -0.2) is 0 Å². The molecular formula is C15H15NO2S. The summed E-state index contributed by atoms with van der Waals surface area (Å²) in [6.07, 6.45) is 2.16. The van der Waals surface area contributed by atoms with Crippen molar-refractivity contribution in [1.82, 2.24) is 4.90 Å². The number of phenols is 1. The van der Waals surface area contributed by atoms with Crippen LogP contribution < -0.4 is 0 Å². The number of phenolic OH excluding ortho intramolecular Hbond substituents is 1. The Hall–Kier alpha value is -1.81. The highest BCUT2D eigenvalue weighted by Gasteiger charge is 2.33. The summed E-state index contributed by atoms with van der Waals surface area (Å²) in [5.41, 5.74) is 0.969. The molecule has 1 N–H and O–H groups in total. The maximum atomic E-state index is 12.5. The second-order valence-corrected chi connectivity index (χ2v) is 5.76. The van der Waals surface area contributed by atoms with Gasteiger partial charge in [-0.3, -0.25) is 4.79 Å². The molecular weight excluding hydrogens is 258 g/mol. The summed E-state index contributed by atoms with van der Waals surface area (Å²) in [5, 5.41) is 11.4. The number of amides is 1. The van der Waals surface area contributed by atoms with Gasteiger partial charge < -0.3 is 10.0 Å². The summed E-state index contributed by atoms with van der Waals surface area (Å²) in [6, 6.07) is 11.2. The Balaban J connectivity index is 1.80. The molecule has 1 aliphatic rings. The first-order valence-electron chi connectivity index (χ1n) is 6.36. The van der Waals surface area contributed by atoms with Gasteiger partial charge >= 0.3 is 0 Å². The summed E-state index contributed by atoms with van der Waals surface area (Å²) in [4.78, 5) is 15.2. The first-order chi connectivity index (χ1) is 9.24. The highest BCUT2D eigenvalue weighted by molar-refractivity contribution is 7.12. The largest absolute Gasteiger partial charge is 0.508 e. The summed E-state index contributed by atoms with van der Waals surface area (Å²) in [5.74, 6) is 0.345. The van der Waals surface area contributed by atoms with E-state index in [9.17, 15) is 9.90 Å². The first kappa shape index (κ1) is 12.2. The van der Waals surface area contributed by atoms with E-state index in [1.165, 1.54) is 11.3 Å². The fraction of sp³-hybridized carbons (Fsp3) is 0.267. The molecule has 0 unspecified atom stereocenters. The third-order valence-corrected chi connectivity index (χ3v) is 4.10. The molecule has 1 amide bonds. The van der Waals surface area contributed by atoms with Gasteiger partial charge in [-0.15, -0.1) is 11.3 Å². The van der Waals surface area contributed by atoms with Gasteiger partial charge in [0.05, 0.1) is 4.88 Å². The minimum atomic E-state index is 0.0980. The van der Waals surface area contributed by atoms with E-state index in [1.54, 1.807) is 12.1 Å². The van der Waals surface area contributed by atoms with Crippen molar-refractivity contribution in [1.29, 1.82) is 0 Å². The van der Waals surface area contributed by atoms with Crippen LogP contribution in [-0.2, 0) is 6.54 Å². The second kappa shape index (κ2) is 5.05. The molecule has 0 spiro atoms. The number of carbonyl (C=O) groups is 1. The van der Waals surface area contributed by atoms with Gasteiger partial charge in [0.2, 0.25) is 0 Å². The van der Waals surface area contributed by atoms with Crippen LogP contribution in [0.4, 0.5) is 0 Å². The summed E-state index contributed by atoms with van der Waals surface area (Å²) >= 11 is 1.48. The molecule has 3 rings (SSSR count). The van der Waals surface area contributed by atoms with Crippen LogP contribution in [0.15, 0.2) is 41.8 Å². The van der Waals surface area contributed by atoms with Gasteiger partial charge in [-0.1, -0.05) is 18.2 Å². The fourth-order valence-corrected chi connectivity index (χ4v) is 2.83. The summed E-state index contributed by atoms with van der Waals surface area (Å²) in [6.45, 7) is 0.565. The molecule has 0 aliphatic heterocycles. The minimum absolute atomic E-state index is 0.0980. The van der Waals surface area contributed by atoms with Gasteiger partial charge in [0.15, 0.2) is 0 Å². The van der Waals surface area contributed by atoms with Crippen LogP contribution in [-0.4, -0.2) is 22.0 Å². The van der Waals surface area contributed by atoms with E-state index in [1.807, 2.05) is 34.5 Å². The molecule has 1 aromatic heterocycles. The minimum Gasteiger partial charge on any atom is -0.508 e.